The quantitative estimate of drug-likeness (QED) is 0.820. The monoisotopic (exact) mass is 311 g/mol. The number of nitrogens with one attached hydrogen (secondary N) is 2. The van der Waals surface area contributed by atoms with Gasteiger partial charge in [-0.25, -0.2) is 13.4 Å². The number of hydrogen-bond acceptors (Lipinski definition) is 5. The second kappa shape index (κ2) is 6.89. The number of hydrogen-bond donors (Lipinski definition) is 2. The maximum atomic E-state index is 12.0. The lowest BCUT2D eigenvalue weighted by molar-refractivity contribution is 0.0943. The Kier molecular flexibility index (Phi) is 5.17. The van der Waals surface area contributed by atoms with Crippen molar-refractivity contribution in [2.45, 2.75) is 19.8 Å². The van der Waals surface area contributed by atoms with Crippen molar-refractivity contribution in [3.63, 3.8) is 0 Å². The van der Waals surface area contributed by atoms with Crippen LogP contribution in [0.2, 0.25) is 0 Å². The first kappa shape index (κ1) is 15.8. The van der Waals surface area contributed by atoms with Crippen molar-refractivity contribution >= 4 is 21.6 Å². The lowest BCUT2D eigenvalue weighted by Crippen LogP contribution is -2.30. The number of sulfone groups is 1. The predicted molar refractivity (Wildman–Crippen MR) is 82.1 cm³/mol. The van der Waals surface area contributed by atoms with Crippen LogP contribution in [-0.4, -0.2) is 43.9 Å². The minimum Gasteiger partial charge on any atom is -0.370 e. The first-order valence-electron chi connectivity index (χ1n) is 7.19. The summed E-state index contributed by atoms with van der Waals surface area (Å²) in [6.07, 6.45) is 1.60. The molecule has 0 radical (unpaired) electrons. The molecule has 1 amide bonds. The van der Waals surface area contributed by atoms with Gasteiger partial charge < -0.3 is 10.6 Å². The molecule has 2 rings (SSSR count). The normalized spacial score (nSPS) is 20.1. The molecule has 6 nitrogen and oxygen atoms in total. The molecule has 0 aliphatic carbocycles. The molecule has 1 aliphatic heterocycles. The molecule has 2 heterocycles. The van der Waals surface area contributed by atoms with Crippen LogP contribution in [0, 0.1) is 5.92 Å². The van der Waals surface area contributed by atoms with E-state index >= 15 is 0 Å². The number of anilines is 1. The summed E-state index contributed by atoms with van der Waals surface area (Å²) in [6.45, 7) is 3.24. The van der Waals surface area contributed by atoms with Gasteiger partial charge in [0.2, 0.25) is 0 Å². The van der Waals surface area contributed by atoms with Crippen LogP contribution in [0.5, 0.6) is 0 Å². The summed E-state index contributed by atoms with van der Waals surface area (Å²) >= 11 is 0. The highest BCUT2D eigenvalue weighted by Crippen LogP contribution is 2.17. The smallest absolute Gasteiger partial charge is 0.269 e. The third-order valence-corrected chi connectivity index (χ3v) is 5.25. The lowest BCUT2D eigenvalue weighted by atomic mass is 10.1. The van der Waals surface area contributed by atoms with Gasteiger partial charge in [0.1, 0.15) is 11.5 Å². The van der Waals surface area contributed by atoms with Gasteiger partial charge in [-0.05, 0) is 30.9 Å². The van der Waals surface area contributed by atoms with E-state index in [0.717, 1.165) is 13.0 Å². The fourth-order valence-electron chi connectivity index (χ4n) is 2.27. The molecule has 2 N–H and O–H groups in total. The first-order valence-corrected chi connectivity index (χ1v) is 9.02. The molecule has 1 atom stereocenters. The Morgan fingerprint density at radius 1 is 1.43 bits per heavy atom. The van der Waals surface area contributed by atoms with Crippen molar-refractivity contribution in [1.29, 1.82) is 0 Å². The number of nitrogens with zero attached hydrogens (tertiary/aromatic N) is 1. The highest BCUT2D eigenvalue weighted by atomic mass is 32.2. The number of rotatable bonds is 6. The van der Waals surface area contributed by atoms with Gasteiger partial charge in [-0.1, -0.05) is 13.0 Å². The van der Waals surface area contributed by atoms with Crippen molar-refractivity contribution in [1.82, 2.24) is 10.3 Å². The third-order valence-electron chi connectivity index (χ3n) is 3.42. The van der Waals surface area contributed by atoms with Crippen LogP contribution in [0.3, 0.4) is 0 Å². The fourth-order valence-corrected chi connectivity index (χ4v) is 4.14. The summed E-state index contributed by atoms with van der Waals surface area (Å²) in [4.78, 5) is 16.3. The van der Waals surface area contributed by atoms with Gasteiger partial charge >= 0.3 is 0 Å². The summed E-state index contributed by atoms with van der Waals surface area (Å²) in [7, 11) is -2.90. The minimum absolute atomic E-state index is 0.0142. The Morgan fingerprint density at radius 3 is 2.90 bits per heavy atom. The zero-order chi connectivity index (χ0) is 15.3. The minimum atomic E-state index is -2.90. The van der Waals surface area contributed by atoms with E-state index in [1.54, 1.807) is 12.1 Å². The molecule has 0 aromatic carbocycles. The second-order valence-electron chi connectivity index (χ2n) is 5.31. The van der Waals surface area contributed by atoms with Crippen LogP contribution >= 0.6 is 0 Å². The summed E-state index contributed by atoms with van der Waals surface area (Å²) in [5.74, 6) is 0.814. The Balaban J connectivity index is 1.88. The molecule has 1 aromatic rings. The summed E-state index contributed by atoms with van der Waals surface area (Å²) in [5.41, 5.74) is 0.344. The van der Waals surface area contributed by atoms with E-state index < -0.39 is 9.84 Å². The molecule has 1 unspecified atom stereocenters. The van der Waals surface area contributed by atoms with Crippen LogP contribution in [0.15, 0.2) is 18.2 Å². The fraction of sp³-hybridized carbons (Fsp3) is 0.571. The van der Waals surface area contributed by atoms with Crippen molar-refractivity contribution in [3.05, 3.63) is 23.9 Å². The first-order chi connectivity index (χ1) is 10.00. The number of amides is 1. The third kappa shape index (κ3) is 4.70. The molecule has 0 spiro atoms. The topological polar surface area (TPSA) is 88.2 Å². The van der Waals surface area contributed by atoms with Crippen molar-refractivity contribution in [3.8, 4) is 0 Å². The van der Waals surface area contributed by atoms with E-state index in [4.69, 9.17) is 0 Å². The molecule has 7 heteroatoms. The van der Waals surface area contributed by atoms with Gasteiger partial charge in [0.25, 0.3) is 5.91 Å². The summed E-state index contributed by atoms with van der Waals surface area (Å²) in [6, 6.07) is 5.24. The van der Waals surface area contributed by atoms with Gasteiger partial charge in [0.05, 0.1) is 11.5 Å². The van der Waals surface area contributed by atoms with Gasteiger partial charge in [-0.3, -0.25) is 4.79 Å². The zero-order valence-corrected chi connectivity index (χ0v) is 12.9. The Labute approximate surface area is 125 Å². The molecule has 1 saturated heterocycles. The lowest BCUT2D eigenvalue weighted by Gasteiger charge is -2.10. The van der Waals surface area contributed by atoms with Crippen LogP contribution in [0.4, 0.5) is 5.82 Å². The van der Waals surface area contributed by atoms with E-state index in [2.05, 4.69) is 22.5 Å². The summed E-state index contributed by atoms with van der Waals surface area (Å²) in [5, 5.41) is 5.90. The molecule has 21 heavy (non-hydrogen) atoms. The largest absolute Gasteiger partial charge is 0.370 e. The van der Waals surface area contributed by atoms with E-state index in [0.29, 0.717) is 24.5 Å². The second-order valence-corrected chi connectivity index (χ2v) is 7.54. The van der Waals surface area contributed by atoms with Gasteiger partial charge in [-0.15, -0.1) is 0 Å². The number of pyridine rings is 1. The zero-order valence-electron chi connectivity index (χ0n) is 12.1. The van der Waals surface area contributed by atoms with Crippen LogP contribution in [0.25, 0.3) is 0 Å². The van der Waals surface area contributed by atoms with Gasteiger partial charge in [0, 0.05) is 13.1 Å². The highest BCUT2D eigenvalue weighted by Gasteiger charge is 2.28. The van der Waals surface area contributed by atoms with Gasteiger partial charge in [-0.2, -0.15) is 0 Å². The molecular formula is C14H21N3O3S. The molecule has 0 bridgehead atoms. The Bertz CT molecular complexity index is 601. The number of carbonyl (C=O) groups excluding carboxylic acids is 1. The van der Waals surface area contributed by atoms with Crippen LogP contribution in [-0.2, 0) is 9.84 Å². The average Bonchev–Trinajstić information content (AvgIpc) is 2.82. The molecule has 1 aliphatic rings. The van der Waals surface area contributed by atoms with Crippen LogP contribution < -0.4 is 10.6 Å². The van der Waals surface area contributed by atoms with E-state index in [-0.39, 0.29) is 23.3 Å². The molecule has 1 fully saturated rings. The van der Waals surface area contributed by atoms with E-state index in [1.807, 2.05) is 6.07 Å². The van der Waals surface area contributed by atoms with E-state index in [1.165, 1.54) is 0 Å². The SMILES string of the molecule is CCCNc1cccc(C(=O)NCC2CCS(=O)(=O)C2)n1. The number of aromatic nitrogens is 1. The summed E-state index contributed by atoms with van der Waals surface area (Å²) < 4.78 is 22.7. The van der Waals surface area contributed by atoms with Crippen LogP contribution in [0.1, 0.15) is 30.3 Å². The standard InChI is InChI=1S/C14H21N3O3S/c1-2-7-15-13-5-3-4-12(17-13)14(18)16-9-11-6-8-21(19,20)10-11/h3-5,11H,2,6-10H2,1H3,(H,15,17)(H,16,18). The Hall–Kier alpha value is -1.63. The molecule has 116 valence electrons. The maximum absolute atomic E-state index is 12.0. The molecule has 0 saturated carbocycles. The predicted octanol–water partition coefficient (Wildman–Crippen LogP) is 1.07. The average molecular weight is 311 g/mol. The van der Waals surface area contributed by atoms with Gasteiger partial charge in [0.15, 0.2) is 9.84 Å². The van der Waals surface area contributed by atoms with Crippen molar-refractivity contribution < 1.29 is 13.2 Å². The van der Waals surface area contributed by atoms with Crippen molar-refractivity contribution in [2.75, 3.05) is 29.9 Å². The molecular weight excluding hydrogens is 290 g/mol. The Morgan fingerprint density at radius 2 is 2.24 bits per heavy atom. The maximum Gasteiger partial charge on any atom is 0.269 e. The number of carbonyl (C=O) groups is 1. The van der Waals surface area contributed by atoms with Crippen molar-refractivity contribution in [2.24, 2.45) is 5.92 Å². The molecule has 1 aromatic heterocycles. The van der Waals surface area contributed by atoms with E-state index in [9.17, 15) is 13.2 Å². The highest BCUT2D eigenvalue weighted by molar-refractivity contribution is 7.91.